The second-order valence-electron chi connectivity index (χ2n) is 4.55. The Balaban J connectivity index is 2.70. The average Bonchev–Trinajstić information content (AvgIpc) is 2.54. The molecule has 0 unspecified atom stereocenters. The summed E-state index contributed by atoms with van der Waals surface area (Å²) in [6, 6.07) is 5.73. The van der Waals surface area contributed by atoms with E-state index in [1.165, 1.54) is 0 Å². The van der Waals surface area contributed by atoms with Crippen LogP contribution in [-0.4, -0.2) is 11.6 Å². The minimum absolute atomic E-state index is 0.0955. The van der Waals surface area contributed by atoms with E-state index in [1.54, 1.807) is 6.07 Å². The van der Waals surface area contributed by atoms with Gasteiger partial charge in [0.05, 0.1) is 12.2 Å². The minimum atomic E-state index is -0.0955. The molecule has 0 saturated heterocycles. The van der Waals surface area contributed by atoms with Crippen LogP contribution in [0.5, 0.6) is 5.75 Å². The summed E-state index contributed by atoms with van der Waals surface area (Å²) in [6.07, 6.45) is 0. The Morgan fingerprint density at radius 1 is 1.56 bits per heavy atom. The summed E-state index contributed by atoms with van der Waals surface area (Å²) in [5, 5.41) is 9.06. The fraction of sp³-hybridized carbons (Fsp3) is 0.333. The number of ether oxygens (including phenoxy) is 1. The maximum atomic E-state index is 9.06. The zero-order chi connectivity index (χ0) is 11.9. The predicted molar refractivity (Wildman–Crippen MR) is 65.6 cm³/mol. The average molecular weight is 232 g/mol. The quantitative estimate of drug-likeness (QED) is 0.751. The van der Waals surface area contributed by atoms with Crippen molar-refractivity contribution >= 4 is 17.2 Å². The van der Waals surface area contributed by atoms with Gasteiger partial charge in [-0.05, 0) is 12.1 Å². The standard InChI is InChI=1S/C12H12N2OS/c1-12(2)6-15-10-8(5-13)3-7(11(14)16)4-9(10)12/h3-4H,6H2,1-2H3,(H2,14,16). The van der Waals surface area contributed by atoms with E-state index in [2.05, 4.69) is 19.9 Å². The third-order valence-electron chi connectivity index (χ3n) is 2.80. The van der Waals surface area contributed by atoms with Crippen molar-refractivity contribution < 1.29 is 4.74 Å². The lowest BCUT2D eigenvalue weighted by Crippen LogP contribution is -2.19. The highest BCUT2D eigenvalue weighted by Crippen LogP contribution is 2.41. The highest BCUT2D eigenvalue weighted by atomic mass is 32.1. The smallest absolute Gasteiger partial charge is 0.141 e. The SMILES string of the molecule is CC1(C)COc2c(C#N)cc(C(N)=S)cc21. The largest absolute Gasteiger partial charge is 0.491 e. The highest BCUT2D eigenvalue weighted by Gasteiger charge is 2.34. The Bertz CT molecular complexity index is 514. The van der Waals surface area contributed by atoms with E-state index in [9.17, 15) is 0 Å². The molecule has 1 aliphatic rings. The molecule has 0 aromatic heterocycles. The second-order valence-corrected chi connectivity index (χ2v) is 4.99. The summed E-state index contributed by atoms with van der Waals surface area (Å²) in [5.74, 6) is 0.674. The van der Waals surface area contributed by atoms with Crippen LogP contribution in [0.3, 0.4) is 0 Å². The molecule has 0 amide bonds. The molecule has 4 heteroatoms. The molecule has 0 spiro atoms. The molecular weight excluding hydrogens is 220 g/mol. The van der Waals surface area contributed by atoms with Gasteiger partial charge in [0.15, 0.2) is 0 Å². The van der Waals surface area contributed by atoms with Gasteiger partial charge in [0.1, 0.15) is 16.8 Å². The molecular formula is C12H12N2OS. The molecule has 0 bridgehead atoms. The maximum Gasteiger partial charge on any atom is 0.141 e. The van der Waals surface area contributed by atoms with Crippen molar-refractivity contribution in [1.82, 2.24) is 0 Å². The number of fused-ring (bicyclic) bond motifs is 1. The summed E-state index contributed by atoms with van der Waals surface area (Å²) in [5.41, 5.74) is 7.75. The van der Waals surface area contributed by atoms with E-state index in [0.717, 1.165) is 11.1 Å². The first-order valence-electron chi connectivity index (χ1n) is 4.97. The third kappa shape index (κ3) is 1.54. The van der Waals surface area contributed by atoms with Crippen LogP contribution in [0.1, 0.15) is 30.5 Å². The van der Waals surface area contributed by atoms with Crippen molar-refractivity contribution in [2.45, 2.75) is 19.3 Å². The molecule has 16 heavy (non-hydrogen) atoms. The van der Waals surface area contributed by atoms with Crippen LogP contribution in [0.15, 0.2) is 12.1 Å². The first-order chi connectivity index (χ1) is 7.45. The summed E-state index contributed by atoms with van der Waals surface area (Å²) in [6.45, 7) is 4.73. The number of hydrogen-bond donors (Lipinski definition) is 1. The molecule has 1 aliphatic heterocycles. The number of benzene rings is 1. The van der Waals surface area contributed by atoms with Crippen LogP contribution in [0.4, 0.5) is 0 Å². The Morgan fingerprint density at radius 2 is 2.25 bits per heavy atom. The molecule has 0 radical (unpaired) electrons. The van der Waals surface area contributed by atoms with Gasteiger partial charge in [-0.15, -0.1) is 0 Å². The lowest BCUT2D eigenvalue weighted by atomic mass is 9.85. The van der Waals surface area contributed by atoms with Gasteiger partial charge in [-0.2, -0.15) is 5.26 Å². The molecule has 82 valence electrons. The van der Waals surface area contributed by atoms with Gasteiger partial charge in [-0.3, -0.25) is 0 Å². The second kappa shape index (κ2) is 3.46. The van der Waals surface area contributed by atoms with Gasteiger partial charge in [0.2, 0.25) is 0 Å². The molecule has 3 nitrogen and oxygen atoms in total. The van der Waals surface area contributed by atoms with Crippen LogP contribution >= 0.6 is 12.2 Å². The molecule has 0 atom stereocenters. The number of thiocarbonyl (C=S) groups is 1. The van der Waals surface area contributed by atoms with Crippen LogP contribution < -0.4 is 10.5 Å². The monoisotopic (exact) mass is 232 g/mol. The molecule has 1 aromatic rings. The Morgan fingerprint density at radius 3 is 2.81 bits per heavy atom. The summed E-state index contributed by atoms with van der Waals surface area (Å²) >= 11 is 4.94. The highest BCUT2D eigenvalue weighted by molar-refractivity contribution is 7.80. The van der Waals surface area contributed by atoms with Gasteiger partial charge in [0.25, 0.3) is 0 Å². The zero-order valence-corrected chi connectivity index (χ0v) is 10.0. The van der Waals surface area contributed by atoms with Crippen molar-refractivity contribution in [3.05, 3.63) is 28.8 Å². The topological polar surface area (TPSA) is 59.0 Å². The molecule has 0 saturated carbocycles. The van der Waals surface area contributed by atoms with E-state index in [4.69, 9.17) is 28.0 Å². The van der Waals surface area contributed by atoms with Crippen LogP contribution in [-0.2, 0) is 5.41 Å². The van der Waals surface area contributed by atoms with Crippen molar-refractivity contribution in [2.24, 2.45) is 5.73 Å². The Hall–Kier alpha value is -1.60. The fourth-order valence-electron chi connectivity index (χ4n) is 1.84. The van der Waals surface area contributed by atoms with Crippen LogP contribution in [0.2, 0.25) is 0 Å². The first kappa shape index (κ1) is 10.9. The lowest BCUT2D eigenvalue weighted by Gasteiger charge is -2.15. The fourth-order valence-corrected chi connectivity index (χ4v) is 1.96. The van der Waals surface area contributed by atoms with E-state index in [-0.39, 0.29) is 5.41 Å². The predicted octanol–water partition coefficient (Wildman–Crippen LogP) is 1.86. The summed E-state index contributed by atoms with van der Waals surface area (Å²) in [7, 11) is 0. The van der Waals surface area contributed by atoms with Crippen molar-refractivity contribution in [3.8, 4) is 11.8 Å². The summed E-state index contributed by atoms with van der Waals surface area (Å²) in [4.78, 5) is 0.307. The van der Waals surface area contributed by atoms with Gasteiger partial charge >= 0.3 is 0 Å². The molecule has 1 heterocycles. The van der Waals surface area contributed by atoms with Crippen molar-refractivity contribution in [2.75, 3.05) is 6.61 Å². The molecule has 0 fully saturated rings. The van der Waals surface area contributed by atoms with Crippen molar-refractivity contribution in [1.29, 1.82) is 5.26 Å². The minimum Gasteiger partial charge on any atom is -0.491 e. The van der Waals surface area contributed by atoms with Gasteiger partial charge in [0, 0.05) is 16.5 Å². The van der Waals surface area contributed by atoms with Crippen LogP contribution in [0.25, 0.3) is 0 Å². The maximum absolute atomic E-state index is 9.06. The van der Waals surface area contributed by atoms with Gasteiger partial charge in [-0.25, -0.2) is 0 Å². The van der Waals surface area contributed by atoms with Gasteiger partial charge in [-0.1, -0.05) is 26.1 Å². The number of nitrogens with two attached hydrogens (primary N) is 1. The van der Waals surface area contributed by atoms with E-state index in [1.807, 2.05) is 6.07 Å². The van der Waals surface area contributed by atoms with Gasteiger partial charge < -0.3 is 10.5 Å². The Labute approximate surface area is 99.8 Å². The van der Waals surface area contributed by atoms with Crippen molar-refractivity contribution in [3.63, 3.8) is 0 Å². The molecule has 2 rings (SSSR count). The third-order valence-corrected chi connectivity index (χ3v) is 3.04. The zero-order valence-electron chi connectivity index (χ0n) is 9.20. The number of rotatable bonds is 1. The number of nitriles is 1. The number of nitrogens with zero attached hydrogens (tertiary/aromatic N) is 1. The van der Waals surface area contributed by atoms with E-state index >= 15 is 0 Å². The first-order valence-corrected chi connectivity index (χ1v) is 5.38. The number of hydrogen-bond acceptors (Lipinski definition) is 3. The van der Waals surface area contributed by atoms with E-state index < -0.39 is 0 Å². The summed E-state index contributed by atoms with van der Waals surface area (Å²) < 4.78 is 5.56. The normalized spacial score (nSPS) is 16.1. The van der Waals surface area contributed by atoms with E-state index in [0.29, 0.717) is 22.9 Å². The lowest BCUT2D eigenvalue weighted by molar-refractivity contribution is 0.290. The molecule has 0 aliphatic carbocycles. The molecule has 2 N–H and O–H groups in total. The Kier molecular flexibility index (Phi) is 2.36. The van der Waals surface area contributed by atoms with Crippen LogP contribution in [0, 0.1) is 11.3 Å². The molecule has 1 aromatic carbocycles.